The first-order valence-electron chi connectivity index (χ1n) is 8.37. The van der Waals surface area contributed by atoms with Crippen molar-refractivity contribution in [3.63, 3.8) is 0 Å². The highest BCUT2D eigenvalue weighted by atomic mass is 16.3. The van der Waals surface area contributed by atoms with Gasteiger partial charge in [0.05, 0.1) is 12.1 Å². The van der Waals surface area contributed by atoms with Crippen molar-refractivity contribution in [2.75, 3.05) is 6.54 Å². The van der Waals surface area contributed by atoms with Crippen molar-refractivity contribution in [3.05, 3.63) is 48.0 Å². The van der Waals surface area contributed by atoms with E-state index >= 15 is 0 Å². The number of aliphatic hydroxyl groups excluding tert-OH is 1. The topological polar surface area (TPSA) is 66.6 Å². The molecule has 0 bridgehead atoms. The number of piperidine rings is 1. The lowest BCUT2D eigenvalue weighted by Gasteiger charge is -2.39. The fourth-order valence-corrected chi connectivity index (χ4v) is 3.00. The summed E-state index contributed by atoms with van der Waals surface area (Å²) in [5.41, 5.74) is 6.63. The minimum Gasteiger partial charge on any atom is -0.391 e. The number of nitrogens with two attached hydrogens (primary N) is 1. The van der Waals surface area contributed by atoms with Crippen molar-refractivity contribution in [2.45, 2.75) is 57.2 Å². The zero-order chi connectivity index (χ0) is 16.9. The van der Waals surface area contributed by atoms with Gasteiger partial charge in [0.25, 0.3) is 0 Å². The van der Waals surface area contributed by atoms with Crippen LogP contribution in [0, 0.1) is 0 Å². The Morgan fingerprint density at radius 2 is 2.09 bits per heavy atom. The molecular formula is C19H28N2O2. The quantitative estimate of drug-likeness (QED) is 0.819. The highest BCUT2D eigenvalue weighted by molar-refractivity contribution is 5.88. The number of benzene rings is 1. The summed E-state index contributed by atoms with van der Waals surface area (Å²) in [7, 11) is 0. The Bertz CT molecular complexity index is 534. The van der Waals surface area contributed by atoms with Gasteiger partial charge in [-0.1, -0.05) is 36.4 Å². The number of rotatable bonds is 5. The van der Waals surface area contributed by atoms with Crippen LogP contribution in [0.4, 0.5) is 0 Å². The van der Waals surface area contributed by atoms with E-state index in [2.05, 4.69) is 12.1 Å². The van der Waals surface area contributed by atoms with E-state index in [9.17, 15) is 9.90 Å². The standard InChI is InChI=1S/C19H28N2O2/c1-19(2,20)13-12-18(23)21-14-6-9-17(22)16(21)11-10-15-7-4-3-5-8-15/h3-5,7-8,12-13,16-17,22H,6,9-11,14,20H2,1-2H3/b13-12+. The molecule has 1 aliphatic heterocycles. The second-order valence-corrected chi connectivity index (χ2v) is 6.99. The van der Waals surface area contributed by atoms with Gasteiger partial charge in [0.2, 0.25) is 5.91 Å². The van der Waals surface area contributed by atoms with E-state index in [1.54, 1.807) is 17.1 Å². The Kier molecular flexibility index (Phi) is 5.97. The van der Waals surface area contributed by atoms with E-state index in [0.29, 0.717) is 6.54 Å². The van der Waals surface area contributed by atoms with Crippen molar-refractivity contribution < 1.29 is 9.90 Å². The Labute approximate surface area is 139 Å². The highest BCUT2D eigenvalue weighted by Gasteiger charge is 2.32. The number of amides is 1. The van der Waals surface area contributed by atoms with E-state index < -0.39 is 11.6 Å². The Hall–Kier alpha value is -1.65. The summed E-state index contributed by atoms with van der Waals surface area (Å²) >= 11 is 0. The molecule has 126 valence electrons. The SMILES string of the molecule is CC(C)(N)/C=C/C(=O)N1CCCC(O)C1CCc1ccccc1. The maximum absolute atomic E-state index is 12.5. The maximum Gasteiger partial charge on any atom is 0.246 e. The van der Waals surface area contributed by atoms with Gasteiger partial charge in [0.15, 0.2) is 0 Å². The first-order chi connectivity index (χ1) is 10.9. The number of hydrogen-bond donors (Lipinski definition) is 2. The fourth-order valence-electron chi connectivity index (χ4n) is 3.00. The minimum atomic E-state index is -0.510. The molecule has 0 saturated carbocycles. The molecule has 23 heavy (non-hydrogen) atoms. The van der Waals surface area contributed by atoms with Crippen LogP contribution in [-0.2, 0) is 11.2 Å². The zero-order valence-electron chi connectivity index (χ0n) is 14.1. The van der Waals surface area contributed by atoms with E-state index in [4.69, 9.17) is 5.73 Å². The van der Waals surface area contributed by atoms with Crippen LogP contribution in [0.1, 0.15) is 38.7 Å². The van der Waals surface area contributed by atoms with Gasteiger partial charge in [-0.3, -0.25) is 4.79 Å². The largest absolute Gasteiger partial charge is 0.391 e. The van der Waals surface area contributed by atoms with Gasteiger partial charge in [-0.05, 0) is 45.1 Å². The van der Waals surface area contributed by atoms with Crippen LogP contribution >= 0.6 is 0 Å². The van der Waals surface area contributed by atoms with Crippen LogP contribution < -0.4 is 5.73 Å². The number of hydrogen-bond acceptors (Lipinski definition) is 3. The normalized spacial score (nSPS) is 22.5. The fraction of sp³-hybridized carbons (Fsp3) is 0.526. The second kappa shape index (κ2) is 7.75. The number of aryl methyl sites for hydroxylation is 1. The lowest BCUT2D eigenvalue weighted by molar-refractivity contribution is -0.133. The summed E-state index contributed by atoms with van der Waals surface area (Å²) in [6.07, 6.45) is 6.06. The van der Waals surface area contributed by atoms with E-state index in [-0.39, 0.29) is 11.9 Å². The van der Waals surface area contributed by atoms with Crippen LogP contribution in [0.3, 0.4) is 0 Å². The molecule has 1 aromatic rings. The van der Waals surface area contributed by atoms with Gasteiger partial charge in [0, 0.05) is 18.2 Å². The van der Waals surface area contributed by atoms with Gasteiger partial charge in [0.1, 0.15) is 0 Å². The third-order valence-corrected chi connectivity index (χ3v) is 4.25. The van der Waals surface area contributed by atoms with E-state index in [0.717, 1.165) is 25.7 Å². The molecule has 0 radical (unpaired) electrons. The average molecular weight is 316 g/mol. The van der Waals surface area contributed by atoms with Crippen molar-refractivity contribution in [2.24, 2.45) is 5.73 Å². The van der Waals surface area contributed by atoms with Crippen molar-refractivity contribution >= 4 is 5.91 Å². The van der Waals surface area contributed by atoms with Crippen molar-refractivity contribution in [3.8, 4) is 0 Å². The molecule has 0 spiro atoms. The molecule has 1 heterocycles. The molecule has 2 rings (SSSR count). The molecule has 0 aliphatic carbocycles. The predicted octanol–water partition coefficient (Wildman–Crippen LogP) is 2.26. The third kappa shape index (κ3) is 5.48. The summed E-state index contributed by atoms with van der Waals surface area (Å²) < 4.78 is 0. The lowest BCUT2D eigenvalue weighted by Crippen LogP contribution is -2.50. The summed E-state index contributed by atoms with van der Waals surface area (Å²) in [6, 6.07) is 10.1. The molecule has 4 nitrogen and oxygen atoms in total. The smallest absolute Gasteiger partial charge is 0.246 e. The van der Waals surface area contributed by atoms with Crippen LogP contribution in [-0.4, -0.2) is 40.1 Å². The molecule has 2 atom stereocenters. The summed E-state index contributed by atoms with van der Waals surface area (Å²) in [5.74, 6) is -0.0552. The van der Waals surface area contributed by atoms with Crippen LogP contribution in [0.25, 0.3) is 0 Å². The van der Waals surface area contributed by atoms with E-state index in [1.807, 2.05) is 32.0 Å². The molecule has 1 saturated heterocycles. The first kappa shape index (κ1) is 17.7. The van der Waals surface area contributed by atoms with Gasteiger partial charge in [-0.25, -0.2) is 0 Å². The number of aliphatic hydroxyl groups is 1. The minimum absolute atomic E-state index is 0.0552. The average Bonchev–Trinajstić information content (AvgIpc) is 2.51. The second-order valence-electron chi connectivity index (χ2n) is 6.99. The zero-order valence-corrected chi connectivity index (χ0v) is 14.1. The molecule has 1 aromatic carbocycles. The molecule has 1 amide bonds. The predicted molar refractivity (Wildman–Crippen MR) is 92.9 cm³/mol. The number of carbonyl (C=O) groups excluding carboxylic acids is 1. The number of nitrogens with zero attached hydrogens (tertiary/aromatic N) is 1. The van der Waals surface area contributed by atoms with E-state index in [1.165, 1.54) is 5.56 Å². The van der Waals surface area contributed by atoms with Crippen LogP contribution in [0.15, 0.2) is 42.5 Å². The first-order valence-corrected chi connectivity index (χ1v) is 8.37. The summed E-state index contributed by atoms with van der Waals surface area (Å²) in [5, 5.41) is 10.4. The molecule has 4 heteroatoms. The molecule has 1 fully saturated rings. The molecule has 3 N–H and O–H groups in total. The van der Waals surface area contributed by atoms with Crippen molar-refractivity contribution in [1.29, 1.82) is 0 Å². The maximum atomic E-state index is 12.5. The molecule has 2 unspecified atom stereocenters. The van der Waals surface area contributed by atoms with Crippen LogP contribution in [0.5, 0.6) is 0 Å². The third-order valence-electron chi connectivity index (χ3n) is 4.25. The van der Waals surface area contributed by atoms with Gasteiger partial charge in [-0.2, -0.15) is 0 Å². The monoisotopic (exact) mass is 316 g/mol. The van der Waals surface area contributed by atoms with Gasteiger partial charge >= 0.3 is 0 Å². The molecular weight excluding hydrogens is 288 g/mol. The summed E-state index contributed by atoms with van der Waals surface area (Å²) in [4.78, 5) is 14.3. The lowest BCUT2D eigenvalue weighted by atomic mass is 9.93. The number of likely N-dealkylation sites (tertiary alicyclic amines) is 1. The van der Waals surface area contributed by atoms with Gasteiger partial charge in [-0.15, -0.1) is 0 Å². The Balaban J connectivity index is 2.03. The van der Waals surface area contributed by atoms with Gasteiger partial charge < -0.3 is 15.7 Å². The summed E-state index contributed by atoms with van der Waals surface area (Å²) in [6.45, 7) is 4.41. The van der Waals surface area contributed by atoms with Crippen molar-refractivity contribution in [1.82, 2.24) is 4.90 Å². The highest BCUT2D eigenvalue weighted by Crippen LogP contribution is 2.22. The van der Waals surface area contributed by atoms with Crippen LogP contribution in [0.2, 0.25) is 0 Å². The Morgan fingerprint density at radius 1 is 1.39 bits per heavy atom. The molecule has 0 aromatic heterocycles. The molecule has 1 aliphatic rings. The number of carbonyl (C=O) groups is 1. The Morgan fingerprint density at radius 3 is 2.74 bits per heavy atom.